The van der Waals surface area contributed by atoms with E-state index in [4.69, 9.17) is 5.11 Å². The lowest BCUT2D eigenvalue weighted by molar-refractivity contribution is 0.269. The maximum Gasteiger partial charge on any atom is 0.0728 e. The van der Waals surface area contributed by atoms with Crippen LogP contribution in [0.15, 0.2) is 36.7 Å². The topological polar surface area (TPSA) is 65.9 Å². The van der Waals surface area contributed by atoms with Gasteiger partial charge in [-0.3, -0.25) is 4.68 Å². The van der Waals surface area contributed by atoms with E-state index in [1.54, 1.807) is 4.68 Å². The molecule has 2 heterocycles. The van der Waals surface area contributed by atoms with Crippen LogP contribution in [0.1, 0.15) is 17.7 Å². The van der Waals surface area contributed by atoms with Gasteiger partial charge in [0.2, 0.25) is 0 Å². The van der Waals surface area contributed by atoms with Gasteiger partial charge < -0.3 is 15.4 Å². The minimum absolute atomic E-state index is 0.114. The number of nitrogens with one attached hydrogen (secondary N) is 2. The number of rotatable bonds is 4. The van der Waals surface area contributed by atoms with Crippen molar-refractivity contribution < 1.29 is 5.11 Å². The van der Waals surface area contributed by atoms with Crippen LogP contribution in [0.3, 0.4) is 0 Å². The number of nitrogens with zero attached hydrogens (tertiary/aromatic N) is 2. The van der Waals surface area contributed by atoms with Gasteiger partial charge in [0.25, 0.3) is 0 Å². The maximum absolute atomic E-state index is 8.95. The molecule has 1 aliphatic carbocycles. The smallest absolute Gasteiger partial charge is 0.0728 e. The number of fused-ring (bicyclic) bond motifs is 3. The van der Waals surface area contributed by atoms with Gasteiger partial charge in [0.05, 0.1) is 25.0 Å². The van der Waals surface area contributed by atoms with Crippen molar-refractivity contribution in [2.45, 2.75) is 31.8 Å². The molecular formula is C17H20N4O. The van der Waals surface area contributed by atoms with Crippen LogP contribution in [0.4, 0.5) is 5.69 Å². The van der Waals surface area contributed by atoms with Crippen molar-refractivity contribution in [1.29, 1.82) is 0 Å². The molecule has 0 bridgehead atoms. The Morgan fingerprint density at radius 3 is 3.18 bits per heavy atom. The quantitative estimate of drug-likeness (QED) is 0.692. The number of benzene rings is 1. The zero-order valence-electron chi connectivity index (χ0n) is 12.4. The van der Waals surface area contributed by atoms with Crippen LogP contribution in [0.5, 0.6) is 0 Å². The first-order valence-electron chi connectivity index (χ1n) is 7.82. The second-order valence-electron chi connectivity index (χ2n) is 5.93. The van der Waals surface area contributed by atoms with Gasteiger partial charge in [-0.1, -0.05) is 18.2 Å². The predicted octanol–water partition coefficient (Wildman–Crippen LogP) is 2.33. The third-order valence-electron chi connectivity index (χ3n) is 4.43. The van der Waals surface area contributed by atoms with Gasteiger partial charge in [-0.25, -0.2) is 0 Å². The van der Waals surface area contributed by atoms with Crippen LogP contribution in [-0.2, 0) is 19.4 Å². The molecule has 22 heavy (non-hydrogen) atoms. The SMILES string of the molecule is OCCn1cc(NC2CCc3[nH]c4ccccc4c3C2)cn1. The molecule has 2 aromatic heterocycles. The van der Waals surface area contributed by atoms with Gasteiger partial charge in [-0.05, 0) is 30.9 Å². The van der Waals surface area contributed by atoms with E-state index in [-0.39, 0.29) is 6.61 Å². The molecule has 4 rings (SSSR count). The van der Waals surface area contributed by atoms with Crippen LogP contribution >= 0.6 is 0 Å². The number of aliphatic hydroxyl groups is 1. The minimum atomic E-state index is 0.114. The molecule has 1 aromatic carbocycles. The van der Waals surface area contributed by atoms with E-state index in [2.05, 4.69) is 39.7 Å². The Labute approximate surface area is 129 Å². The summed E-state index contributed by atoms with van der Waals surface area (Å²) in [4.78, 5) is 3.55. The van der Waals surface area contributed by atoms with Gasteiger partial charge in [-0.15, -0.1) is 0 Å². The molecule has 0 radical (unpaired) electrons. The largest absolute Gasteiger partial charge is 0.394 e. The molecule has 3 N–H and O–H groups in total. The van der Waals surface area contributed by atoms with Gasteiger partial charge in [0.15, 0.2) is 0 Å². The van der Waals surface area contributed by atoms with Crippen LogP contribution in [0.25, 0.3) is 10.9 Å². The molecule has 5 nitrogen and oxygen atoms in total. The van der Waals surface area contributed by atoms with E-state index >= 15 is 0 Å². The Balaban J connectivity index is 1.53. The van der Waals surface area contributed by atoms with E-state index in [9.17, 15) is 0 Å². The summed E-state index contributed by atoms with van der Waals surface area (Å²) in [6, 6.07) is 8.96. The molecule has 0 saturated heterocycles. The zero-order valence-corrected chi connectivity index (χ0v) is 12.4. The summed E-state index contributed by atoms with van der Waals surface area (Å²) in [5, 5.41) is 18.1. The summed E-state index contributed by atoms with van der Waals surface area (Å²) >= 11 is 0. The van der Waals surface area contributed by atoms with Crippen molar-refractivity contribution in [2.24, 2.45) is 0 Å². The first-order valence-corrected chi connectivity index (χ1v) is 7.82. The fourth-order valence-corrected chi connectivity index (χ4v) is 3.39. The van der Waals surface area contributed by atoms with E-state index in [0.717, 1.165) is 24.9 Å². The molecule has 0 aliphatic heterocycles. The normalized spacial score (nSPS) is 17.6. The minimum Gasteiger partial charge on any atom is -0.394 e. The van der Waals surface area contributed by atoms with Gasteiger partial charge in [0.1, 0.15) is 0 Å². The summed E-state index contributed by atoms with van der Waals surface area (Å²) in [5.41, 5.74) is 5.10. The fraction of sp³-hybridized carbons (Fsp3) is 0.353. The highest BCUT2D eigenvalue weighted by atomic mass is 16.3. The monoisotopic (exact) mass is 296 g/mol. The second kappa shape index (κ2) is 5.50. The molecule has 3 aromatic rings. The number of para-hydroxylation sites is 1. The van der Waals surface area contributed by atoms with Crippen molar-refractivity contribution >= 4 is 16.6 Å². The fourth-order valence-electron chi connectivity index (χ4n) is 3.39. The van der Waals surface area contributed by atoms with Crippen LogP contribution in [-0.4, -0.2) is 32.5 Å². The van der Waals surface area contributed by atoms with Gasteiger partial charge in [0, 0.05) is 28.8 Å². The lowest BCUT2D eigenvalue weighted by Gasteiger charge is -2.23. The highest BCUT2D eigenvalue weighted by Crippen LogP contribution is 2.30. The third-order valence-corrected chi connectivity index (χ3v) is 4.43. The van der Waals surface area contributed by atoms with E-state index in [1.165, 1.54) is 22.2 Å². The number of H-pyrrole nitrogens is 1. The Bertz CT molecular complexity index is 789. The van der Waals surface area contributed by atoms with Crippen LogP contribution in [0, 0.1) is 0 Å². The molecule has 1 aliphatic rings. The first kappa shape index (κ1) is 13.4. The average molecular weight is 296 g/mol. The lowest BCUT2D eigenvalue weighted by atomic mass is 9.91. The van der Waals surface area contributed by atoms with E-state index in [1.807, 2.05) is 12.4 Å². The lowest BCUT2D eigenvalue weighted by Crippen LogP contribution is -2.26. The Kier molecular flexibility index (Phi) is 3.35. The summed E-state index contributed by atoms with van der Waals surface area (Å²) < 4.78 is 1.77. The van der Waals surface area contributed by atoms with Crippen LogP contribution < -0.4 is 5.32 Å². The van der Waals surface area contributed by atoms with Crippen molar-refractivity contribution in [3.63, 3.8) is 0 Å². The number of hydrogen-bond donors (Lipinski definition) is 3. The predicted molar refractivity (Wildman–Crippen MR) is 87.0 cm³/mol. The van der Waals surface area contributed by atoms with E-state index < -0.39 is 0 Å². The summed E-state index contributed by atoms with van der Waals surface area (Å²) in [6.07, 6.45) is 7.02. The third kappa shape index (κ3) is 2.37. The molecule has 1 unspecified atom stereocenters. The number of aromatic nitrogens is 3. The summed E-state index contributed by atoms with van der Waals surface area (Å²) in [5.74, 6) is 0. The Morgan fingerprint density at radius 1 is 1.36 bits per heavy atom. The Hall–Kier alpha value is -2.27. The number of aliphatic hydroxyl groups excluding tert-OH is 1. The molecule has 1 atom stereocenters. The molecule has 0 fully saturated rings. The Morgan fingerprint density at radius 2 is 2.27 bits per heavy atom. The highest BCUT2D eigenvalue weighted by Gasteiger charge is 2.22. The summed E-state index contributed by atoms with van der Waals surface area (Å²) in [6.45, 7) is 0.655. The molecule has 5 heteroatoms. The van der Waals surface area contributed by atoms with E-state index in [0.29, 0.717) is 12.6 Å². The second-order valence-corrected chi connectivity index (χ2v) is 5.93. The maximum atomic E-state index is 8.95. The van der Waals surface area contributed by atoms with Crippen molar-refractivity contribution in [3.05, 3.63) is 47.9 Å². The molecule has 0 amide bonds. The van der Waals surface area contributed by atoms with Gasteiger partial charge >= 0.3 is 0 Å². The van der Waals surface area contributed by atoms with Crippen molar-refractivity contribution in [2.75, 3.05) is 11.9 Å². The zero-order chi connectivity index (χ0) is 14.9. The molecule has 0 saturated carbocycles. The summed E-state index contributed by atoms with van der Waals surface area (Å²) in [7, 11) is 0. The molecular weight excluding hydrogens is 276 g/mol. The van der Waals surface area contributed by atoms with Gasteiger partial charge in [-0.2, -0.15) is 5.10 Å². The van der Waals surface area contributed by atoms with Crippen LogP contribution in [0.2, 0.25) is 0 Å². The van der Waals surface area contributed by atoms with Crippen molar-refractivity contribution in [3.8, 4) is 0 Å². The first-order chi connectivity index (χ1) is 10.8. The molecule has 0 spiro atoms. The number of hydrogen-bond acceptors (Lipinski definition) is 3. The standard InChI is InChI=1S/C17H20N4O/c22-8-7-21-11-13(10-18-21)19-12-5-6-17-15(9-12)14-3-1-2-4-16(14)20-17/h1-4,10-12,19-20,22H,5-9H2. The number of anilines is 1. The average Bonchev–Trinajstić information content (AvgIpc) is 3.12. The number of aryl methyl sites for hydroxylation is 1. The molecule has 114 valence electrons. The number of aromatic amines is 1. The highest BCUT2D eigenvalue weighted by molar-refractivity contribution is 5.85. The van der Waals surface area contributed by atoms with Crippen molar-refractivity contribution in [1.82, 2.24) is 14.8 Å².